The van der Waals surface area contributed by atoms with Crippen LogP contribution in [-0.4, -0.2) is 40.5 Å². The van der Waals surface area contributed by atoms with Gasteiger partial charge in [0.2, 0.25) is 5.91 Å². The van der Waals surface area contributed by atoms with Gasteiger partial charge in [-0.2, -0.15) is 0 Å². The van der Waals surface area contributed by atoms with Gasteiger partial charge in [0, 0.05) is 6.42 Å². The van der Waals surface area contributed by atoms with Gasteiger partial charge in [-0.15, -0.1) is 0 Å². The number of hydroxylamine groups is 2. The minimum atomic E-state index is -1.42. The molecule has 0 radical (unpaired) electrons. The molecule has 28 heavy (non-hydrogen) atoms. The number of rotatable bonds is 7. The van der Waals surface area contributed by atoms with Crippen LogP contribution in [0.15, 0.2) is 0 Å². The first-order chi connectivity index (χ1) is 13.3. The third-order valence-corrected chi connectivity index (χ3v) is 7.70. The number of amides is 2. The smallest absolute Gasteiger partial charge is 0.280 e. The first kappa shape index (κ1) is 23.1. The van der Waals surface area contributed by atoms with Crippen molar-refractivity contribution >= 4 is 11.8 Å². The molecule has 0 aliphatic heterocycles. The highest BCUT2D eigenvalue weighted by molar-refractivity contribution is 5.89. The zero-order chi connectivity index (χ0) is 20.8. The van der Waals surface area contributed by atoms with Crippen LogP contribution in [0, 0.1) is 16.2 Å². The number of carbonyl (C=O) groups is 2. The summed E-state index contributed by atoms with van der Waals surface area (Å²) < 4.78 is 0. The van der Waals surface area contributed by atoms with E-state index >= 15 is 0 Å². The maximum Gasteiger partial charge on any atom is 0.280 e. The van der Waals surface area contributed by atoms with Crippen LogP contribution >= 0.6 is 0 Å². The Morgan fingerprint density at radius 3 is 1.39 bits per heavy atom. The predicted molar refractivity (Wildman–Crippen MR) is 105 cm³/mol. The lowest BCUT2D eigenvalue weighted by Gasteiger charge is -2.59. The molecule has 0 heterocycles. The van der Waals surface area contributed by atoms with Crippen LogP contribution in [0.3, 0.4) is 0 Å². The van der Waals surface area contributed by atoms with Crippen molar-refractivity contribution in [3.05, 3.63) is 0 Å². The molecule has 2 aliphatic carbocycles. The van der Waals surface area contributed by atoms with E-state index in [-0.39, 0.29) is 24.7 Å². The summed E-state index contributed by atoms with van der Waals surface area (Å²) in [5.74, 6) is -1.52. The second-order valence-corrected chi connectivity index (χ2v) is 8.94. The van der Waals surface area contributed by atoms with Crippen LogP contribution < -0.4 is 17.2 Å². The molecule has 2 amide bonds. The maximum atomic E-state index is 13.6. The van der Waals surface area contributed by atoms with Gasteiger partial charge in [-0.3, -0.25) is 20.0 Å². The van der Waals surface area contributed by atoms with Gasteiger partial charge in [0.25, 0.3) is 5.91 Å². The zero-order valence-corrected chi connectivity index (χ0v) is 17.0. The second kappa shape index (κ2) is 9.52. The Morgan fingerprint density at radius 2 is 1.14 bits per heavy atom. The van der Waals surface area contributed by atoms with E-state index in [0.29, 0.717) is 25.7 Å². The van der Waals surface area contributed by atoms with E-state index in [1.54, 1.807) is 0 Å². The van der Waals surface area contributed by atoms with Crippen LogP contribution in [0.4, 0.5) is 0 Å². The fourth-order valence-corrected chi connectivity index (χ4v) is 6.32. The number of hydrogen-bond donors (Lipinski definition) is 5. The Balaban J connectivity index is 2.79. The summed E-state index contributed by atoms with van der Waals surface area (Å²) in [5.41, 5.74) is 15.4. The van der Waals surface area contributed by atoms with Crippen molar-refractivity contribution in [3.8, 4) is 0 Å². The molecule has 0 unspecified atom stereocenters. The fourth-order valence-electron chi connectivity index (χ4n) is 6.32. The second-order valence-electron chi connectivity index (χ2n) is 8.94. The molecule has 0 aromatic rings. The van der Waals surface area contributed by atoms with Crippen molar-refractivity contribution in [1.82, 2.24) is 5.23 Å². The van der Waals surface area contributed by atoms with E-state index in [1.165, 1.54) is 0 Å². The number of hydrogen-bond acceptors (Lipinski definition) is 6. The molecule has 2 fully saturated rings. The van der Waals surface area contributed by atoms with E-state index in [4.69, 9.17) is 17.2 Å². The third-order valence-electron chi connectivity index (χ3n) is 7.70. The zero-order valence-electron chi connectivity index (χ0n) is 17.0. The number of nitrogens with zero attached hydrogens (tertiary/aromatic N) is 1. The van der Waals surface area contributed by atoms with Gasteiger partial charge in [0.05, 0.1) is 5.41 Å². The number of primary amides is 1. The van der Waals surface area contributed by atoms with E-state index in [0.717, 1.165) is 51.4 Å². The highest BCUT2D eigenvalue weighted by Crippen LogP contribution is 2.63. The van der Waals surface area contributed by atoms with Crippen molar-refractivity contribution < 1.29 is 20.0 Å². The molecule has 162 valence electrons. The highest BCUT2D eigenvalue weighted by Gasteiger charge is 2.66. The van der Waals surface area contributed by atoms with Crippen molar-refractivity contribution in [3.63, 3.8) is 0 Å². The molecule has 0 spiro atoms. The molecular weight excluding hydrogens is 360 g/mol. The summed E-state index contributed by atoms with van der Waals surface area (Å²) in [6.07, 6.45) is 9.96. The first-order valence-electron chi connectivity index (χ1n) is 10.7. The minimum Gasteiger partial charge on any atom is -0.370 e. The maximum absolute atomic E-state index is 13.6. The Bertz CT molecular complexity index is 508. The van der Waals surface area contributed by atoms with E-state index < -0.39 is 28.1 Å². The highest BCUT2D eigenvalue weighted by atomic mass is 16.8. The van der Waals surface area contributed by atoms with Crippen LogP contribution in [-0.2, 0) is 9.59 Å². The molecule has 2 saturated carbocycles. The van der Waals surface area contributed by atoms with Crippen molar-refractivity contribution in [2.24, 2.45) is 33.4 Å². The Kier molecular flexibility index (Phi) is 7.84. The van der Waals surface area contributed by atoms with Crippen LogP contribution in [0.1, 0.15) is 83.5 Å². The Labute approximate surface area is 167 Å². The summed E-state index contributed by atoms with van der Waals surface area (Å²) in [7, 11) is 0. The molecule has 0 aromatic heterocycles. The number of carbonyl (C=O) groups excluding carboxylic acids is 2. The molecule has 0 saturated heterocycles. The van der Waals surface area contributed by atoms with Gasteiger partial charge in [-0.05, 0) is 49.6 Å². The summed E-state index contributed by atoms with van der Waals surface area (Å²) in [5, 5.41) is 19.5. The molecule has 0 atom stereocenters. The van der Waals surface area contributed by atoms with Crippen molar-refractivity contribution in [2.75, 3.05) is 13.1 Å². The lowest BCUT2D eigenvalue weighted by molar-refractivity contribution is -0.304. The molecule has 0 aromatic carbocycles. The summed E-state index contributed by atoms with van der Waals surface area (Å²) >= 11 is 0. The first-order valence-corrected chi connectivity index (χ1v) is 10.7. The van der Waals surface area contributed by atoms with Gasteiger partial charge in [0.15, 0.2) is 0 Å². The normalized spacial score (nSPS) is 22.7. The fraction of sp³-hybridized carbons (Fsp3) is 0.900. The topological polar surface area (TPSA) is 156 Å². The van der Waals surface area contributed by atoms with Crippen LogP contribution in [0.2, 0.25) is 0 Å². The van der Waals surface area contributed by atoms with E-state index in [2.05, 4.69) is 0 Å². The summed E-state index contributed by atoms with van der Waals surface area (Å²) in [4.78, 5) is 25.9. The predicted octanol–water partition coefficient (Wildman–Crippen LogP) is 2.05. The van der Waals surface area contributed by atoms with Crippen molar-refractivity contribution in [1.29, 1.82) is 0 Å². The Morgan fingerprint density at radius 1 is 0.786 bits per heavy atom. The van der Waals surface area contributed by atoms with E-state index in [1.807, 2.05) is 0 Å². The Hall–Kier alpha value is -1.22. The SMILES string of the molecule is NCC1(C(CC(N)=O)(C(=O)N(O)O)C2(CN)CCCCCC2)CCCCCC1. The quantitative estimate of drug-likeness (QED) is 0.251. The summed E-state index contributed by atoms with van der Waals surface area (Å²) in [6, 6.07) is 0. The standard InChI is InChI=1S/C20H38N4O4/c21-14-18(9-5-1-2-6-10-18)20(13-16(23)25,17(26)24(27)28)19(15-22)11-7-3-4-8-12-19/h27-28H,1-15,21-22H2,(H2,23,25). The minimum absolute atomic E-state index is 0.182. The van der Waals surface area contributed by atoms with Gasteiger partial charge in [0.1, 0.15) is 0 Å². The number of nitrogens with two attached hydrogens (primary N) is 3. The lowest BCUT2D eigenvalue weighted by Crippen LogP contribution is -2.66. The van der Waals surface area contributed by atoms with E-state index in [9.17, 15) is 20.0 Å². The molecule has 8 heteroatoms. The molecule has 8 nitrogen and oxygen atoms in total. The third kappa shape index (κ3) is 3.92. The van der Waals surface area contributed by atoms with Crippen LogP contribution in [0.5, 0.6) is 0 Å². The monoisotopic (exact) mass is 398 g/mol. The molecule has 2 aliphatic rings. The van der Waals surface area contributed by atoms with Gasteiger partial charge in [-0.25, -0.2) is 0 Å². The molecule has 0 bridgehead atoms. The van der Waals surface area contributed by atoms with Crippen molar-refractivity contribution in [2.45, 2.75) is 83.5 Å². The molecule has 8 N–H and O–H groups in total. The lowest BCUT2D eigenvalue weighted by atomic mass is 9.44. The van der Waals surface area contributed by atoms with Gasteiger partial charge < -0.3 is 17.2 Å². The molecule has 2 rings (SSSR count). The average molecular weight is 399 g/mol. The van der Waals surface area contributed by atoms with Gasteiger partial charge >= 0.3 is 0 Å². The molecular formula is C20H38N4O4. The van der Waals surface area contributed by atoms with Crippen LogP contribution in [0.25, 0.3) is 0 Å². The largest absolute Gasteiger partial charge is 0.370 e. The summed E-state index contributed by atoms with van der Waals surface area (Å²) in [6.45, 7) is 0.364. The van der Waals surface area contributed by atoms with Gasteiger partial charge in [-0.1, -0.05) is 56.6 Å². The average Bonchev–Trinajstić information content (AvgIpc) is 3.07.